The van der Waals surface area contributed by atoms with Crippen molar-refractivity contribution in [3.8, 4) is 5.75 Å². The van der Waals surface area contributed by atoms with Crippen LogP contribution in [-0.2, 0) is 11.2 Å². The highest BCUT2D eigenvalue weighted by Gasteiger charge is 2.03. The molecule has 0 fully saturated rings. The molecule has 0 radical (unpaired) electrons. The second kappa shape index (κ2) is 9.20. The van der Waals surface area contributed by atoms with E-state index in [1.807, 2.05) is 18.2 Å². The summed E-state index contributed by atoms with van der Waals surface area (Å²) in [6.45, 7) is 2.70. The third-order valence-corrected chi connectivity index (χ3v) is 3.01. The molecular formula is C14H22ClNO2. The Hall–Kier alpha value is -0.770. The molecule has 0 aliphatic heterocycles. The zero-order valence-corrected chi connectivity index (χ0v) is 11.9. The molecule has 0 aliphatic rings. The summed E-state index contributed by atoms with van der Waals surface area (Å²) in [5, 5.41) is 4.10. The van der Waals surface area contributed by atoms with E-state index in [0.29, 0.717) is 0 Å². The first-order chi connectivity index (χ1) is 8.77. The molecule has 0 heterocycles. The van der Waals surface area contributed by atoms with Gasteiger partial charge in [-0.25, -0.2) is 0 Å². The molecule has 0 saturated heterocycles. The maximum atomic E-state index is 5.99. The van der Waals surface area contributed by atoms with Crippen molar-refractivity contribution in [2.24, 2.45) is 0 Å². The number of ether oxygens (including phenoxy) is 2. The lowest BCUT2D eigenvalue weighted by Crippen LogP contribution is -2.20. The monoisotopic (exact) mass is 271 g/mol. The SMILES string of the molecule is COCCNCCCCc1cc(Cl)ccc1OC. The summed E-state index contributed by atoms with van der Waals surface area (Å²) < 4.78 is 10.3. The highest BCUT2D eigenvalue weighted by Crippen LogP contribution is 2.24. The topological polar surface area (TPSA) is 30.5 Å². The second-order valence-electron chi connectivity index (χ2n) is 4.16. The smallest absolute Gasteiger partial charge is 0.122 e. The molecule has 0 saturated carbocycles. The zero-order valence-electron chi connectivity index (χ0n) is 11.2. The van der Waals surface area contributed by atoms with Gasteiger partial charge in [-0.3, -0.25) is 0 Å². The maximum Gasteiger partial charge on any atom is 0.122 e. The molecule has 0 atom stereocenters. The highest BCUT2D eigenvalue weighted by molar-refractivity contribution is 6.30. The van der Waals surface area contributed by atoms with Crippen LogP contribution in [0.4, 0.5) is 0 Å². The summed E-state index contributed by atoms with van der Waals surface area (Å²) in [6.07, 6.45) is 3.26. The normalized spacial score (nSPS) is 10.6. The van der Waals surface area contributed by atoms with Crippen molar-refractivity contribution in [2.75, 3.05) is 33.9 Å². The molecule has 1 N–H and O–H groups in total. The number of rotatable bonds is 9. The summed E-state index contributed by atoms with van der Waals surface area (Å²) in [5.74, 6) is 0.923. The zero-order chi connectivity index (χ0) is 13.2. The minimum Gasteiger partial charge on any atom is -0.496 e. The average Bonchev–Trinajstić information content (AvgIpc) is 2.38. The summed E-state index contributed by atoms with van der Waals surface area (Å²) >= 11 is 5.99. The Morgan fingerprint density at radius 1 is 1.17 bits per heavy atom. The van der Waals surface area contributed by atoms with E-state index >= 15 is 0 Å². The number of unbranched alkanes of at least 4 members (excludes halogenated alkanes) is 1. The van der Waals surface area contributed by atoms with Crippen LogP contribution in [0.5, 0.6) is 5.75 Å². The molecular weight excluding hydrogens is 250 g/mol. The van der Waals surface area contributed by atoms with Gasteiger partial charge in [0.1, 0.15) is 5.75 Å². The van der Waals surface area contributed by atoms with Gasteiger partial charge in [-0.1, -0.05) is 11.6 Å². The molecule has 3 nitrogen and oxygen atoms in total. The van der Waals surface area contributed by atoms with Gasteiger partial charge in [-0.2, -0.15) is 0 Å². The van der Waals surface area contributed by atoms with Crippen LogP contribution in [0.3, 0.4) is 0 Å². The maximum absolute atomic E-state index is 5.99. The van der Waals surface area contributed by atoms with E-state index in [2.05, 4.69) is 5.32 Å². The number of aryl methyl sites for hydroxylation is 1. The summed E-state index contributed by atoms with van der Waals surface area (Å²) in [5.41, 5.74) is 1.18. The molecule has 0 spiro atoms. The second-order valence-corrected chi connectivity index (χ2v) is 4.59. The Bertz CT molecular complexity index is 345. The number of nitrogens with one attached hydrogen (secondary N) is 1. The van der Waals surface area contributed by atoms with Gasteiger partial charge in [0.2, 0.25) is 0 Å². The molecule has 0 amide bonds. The fraction of sp³-hybridized carbons (Fsp3) is 0.571. The van der Waals surface area contributed by atoms with Crippen LogP contribution in [0.15, 0.2) is 18.2 Å². The molecule has 1 rings (SSSR count). The van der Waals surface area contributed by atoms with Gasteiger partial charge >= 0.3 is 0 Å². The molecule has 18 heavy (non-hydrogen) atoms. The summed E-state index contributed by atoms with van der Waals surface area (Å²) in [7, 11) is 3.41. The van der Waals surface area contributed by atoms with Crippen molar-refractivity contribution in [3.05, 3.63) is 28.8 Å². The minimum atomic E-state index is 0.766. The summed E-state index contributed by atoms with van der Waals surface area (Å²) in [6, 6.07) is 5.77. The Morgan fingerprint density at radius 2 is 2.00 bits per heavy atom. The van der Waals surface area contributed by atoms with E-state index in [-0.39, 0.29) is 0 Å². The van der Waals surface area contributed by atoms with E-state index in [1.54, 1.807) is 14.2 Å². The minimum absolute atomic E-state index is 0.766. The first kappa shape index (κ1) is 15.3. The Kier molecular flexibility index (Phi) is 7.81. The Morgan fingerprint density at radius 3 is 2.72 bits per heavy atom. The van der Waals surface area contributed by atoms with Crippen molar-refractivity contribution in [1.29, 1.82) is 0 Å². The van der Waals surface area contributed by atoms with Crippen LogP contribution in [0.1, 0.15) is 18.4 Å². The van der Waals surface area contributed by atoms with Crippen LogP contribution in [0, 0.1) is 0 Å². The quantitative estimate of drug-likeness (QED) is 0.701. The molecule has 1 aromatic rings. The number of methoxy groups -OCH3 is 2. The predicted octanol–water partition coefficient (Wildman–Crippen LogP) is 2.91. The predicted molar refractivity (Wildman–Crippen MR) is 75.7 cm³/mol. The lowest BCUT2D eigenvalue weighted by molar-refractivity contribution is 0.199. The van der Waals surface area contributed by atoms with Crippen molar-refractivity contribution in [3.63, 3.8) is 0 Å². The Balaban J connectivity index is 2.24. The van der Waals surface area contributed by atoms with Gasteiger partial charge in [0.15, 0.2) is 0 Å². The first-order valence-corrected chi connectivity index (χ1v) is 6.67. The first-order valence-electron chi connectivity index (χ1n) is 6.30. The summed E-state index contributed by atoms with van der Waals surface area (Å²) in [4.78, 5) is 0. The van der Waals surface area contributed by atoms with E-state index in [4.69, 9.17) is 21.1 Å². The van der Waals surface area contributed by atoms with Crippen molar-refractivity contribution >= 4 is 11.6 Å². The van der Waals surface area contributed by atoms with Gasteiger partial charge in [0.25, 0.3) is 0 Å². The standard InChI is InChI=1S/C14H22ClNO2/c1-17-10-9-16-8-4-3-5-12-11-13(15)6-7-14(12)18-2/h6-7,11,16H,3-5,8-10H2,1-2H3. The van der Waals surface area contributed by atoms with Gasteiger partial charge in [0, 0.05) is 18.7 Å². The van der Waals surface area contributed by atoms with Crippen LogP contribution in [0.2, 0.25) is 5.02 Å². The number of hydrogen-bond acceptors (Lipinski definition) is 3. The molecule has 102 valence electrons. The van der Waals surface area contributed by atoms with Gasteiger partial charge < -0.3 is 14.8 Å². The molecule has 0 unspecified atom stereocenters. The third-order valence-electron chi connectivity index (χ3n) is 2.78. The van der Waals surface area contributed by atoms with Gasteiger partial charge in [-0.05, 0) is 49.6 Å². The van der Waals surface area contributed by atoms with Crippen LogP contribution in [0.25, 0.3) is 0 Å². The van der Waals surface area contributed by atoms with E-state index in [1.165, 1.54) is 5.56 Å². The van der Waals surface area contributed by atoms with Crippen LogP contribution >= 0.6 is 11.6 Å². The lowest BCUT2D eigenvalue weighted by Gasteiger charge is -2.09. The van der Waals surface area contributed by atoms with Crippen LogP contribution < -0.4 is 10.1 Å². The van der Waals surface area contributed by atoms with Gasteiger partial charge in [0.05, 0.1) is 13.7 Å². The highest BCUT2D eigenvalue weighted by atomic mass is 35.5. The molecule has 0 aromatic heterocycles. The van der Waals surface area contributed by atoms with Crippen molar-refractivity contribution in [1.82, 2.24) is 5.32 Å². The number of benzene rings is 1. The molecule has 4 heteroatoms. The van der Waals surface area contributed by atoms with E-state index in [9.17, 15) is 0 Å². The molecule has 0 aliphatic carbocycles. The van der Waals surface area contributed by atoms with Gasteiger partial charge in [-0.15, -0.1) is 0 Å². The third kappa shape index (κ3) is 5.71. The van der Waals surface area contributed by atoms with E-state index in [0.717, 1.165) is 49.7 Å². The molecule has 1 aromatic carbocycles. The van der Waals surface area contributed by atoms with Crippen molar-refractivity contribution < 1.29 is 9.47 Å². The Labute approximate surface area is 114 Å². The fourth-order valence-corrected chi connectivity index (χ4v) is 2.00. The largest absolute Gasteiger partial charge is 0.496 e. The fourth-order valence-electron chi connectivity index (χ4n) is 1.81. The number of hydrogen-bond donors (Lipinski definition) is 1. The number of halogens is 1. The lowest BCUT2D eigenvalue weighted by atomic mass is 10.1. The van der Waals surface area contributed by atoms with E-state index < -0.39 is 0 Å². The van der Waals surface area contributed by atoms with Crippen LogP contribution in [-0.4, -0.2) is 33.9 Å². The molecule has 0 bridgehead atoms. The average molecular weight is 272 g/mol. The van der Waals surface area contributed by atoms with Crippen molar-refractivity contribution in [2.45, 2.75) is 19.3 Å².